The third kappa shape index (κ3) is 4.45. The minimum absolute atomic E-state index is 0.0502. The number of aryl methyl sites for hydroxylation is 3. The van der Waals surface area contributed by atoms with Crippen LogP contribution in [-0.2, 0) is 5.41 Å². The molecule has 0 N–H and O–H groups in total. The van der Waals surface area contributed by atoms with E-state index in [1.807, 2.05) is 23.8 Å². The number of hydrogen-bond acceptors (Lipinski definition) is 4. The number of imidazole rings is 1. The Morgan fingerprint density at radius 2 is 1.35 bits per heavy atom. The summed E-state index contributed by atoms with van der Waals surface area (Å²) >= 11 is 0. The first kappa shape index (κ1) is 29.2. The first-order valence-electron chi connectivity index (χ1n) is 16.7. The Labute approximate surface area is 284 Å². The van der Waals surface area contributed by atoms with E-state index in [0.29, 0.717) is 0 Å². The van der Waals surface area contributed by atoms with Crippen molar-refractivity contribution >= 4 is 49.1 Å². The SMILES string of the molecule is Cc1nc2c3cc(Oc4ccc5c6ccccc6n(-c6nccn6-c6c(C)cccc6C)c5c4)ccc3c3c(C(C)(C)C)cccc3n2n1. The van der Waals surface area contributed by atoms with Crippen LogP contribution in [-0.4, -0.2) is 28.7 Å². The van der Waals surface area contributed by atoms with Crippen molar-refractivity contribution in [3.05, 3.63) is 132 Å². The van der Waals surface area contributed by atoms with Crippen molar-refractivity contribution in [1.82, 2.24) is 28.7 Å². The van der Waals surface area contributed by atoms with Crippen molar-refractivity contribution in [2.24, 2.45) is 0 Å². The van der Waals surface area contributed by atoms with Crippen LogP contribution in [0.3, 0.4) is 0 Å². The van der Waals surface area contributed by atoms with Gasteiger partial charge in [0.25, 0.3) is 0 Å². The van der Waals surface area contributed by atoms with Gasteiger partial charge < -0.3 is 4.74 Å². The smallest absolute Gasteiger partial charge is 0.219 e. The lowest BCUT2D eigenvalue weighted by Gasteiger charge is -2.22. The van der Waals surface area contributed by atoms with E-state index in [4.69, 9.17) is 19.8 Å². The largest absolute Gasteiger partial charge is 0.457 e. The molecule has 0 amide bonds. The van der Waals surface area contributed by atoms with Gasteiger partial charge in [0.1, 0.15) is 17.3 Å². The maximum absolute atomic E-state index is 6.68. The molecule has 0 bridgehead atoms. The molecule has 49 heavy (non-hydrogen) atoms. The quantitative estimate of drug-likeness (QED) is 0.180. The van der Waals surface area contributed by atoms with Crippen LogP contribution < -0.4 is 4.74 Å². The van der Waals surface area contributed by atoms with Crippen molar-refractivity contribution in [3.63, 3.8) is 0 Å². The predicted molar refractivity (Wildman–Crippen MR) is 199 cm³/mol. The lowest BCUT2D eigenvalue weighted by molar-refractivity contribution is 0.484. The van der Waals surface area contributed by atoms with Crippen LogP contribution >= 0.6 is 0 Å². The number of fused-ring (bicyclic) bond motifs is 9. The van der Waals surface area contributed by atoms with Gasteiger partial charge in [-0.05, 0) is 90.7 Å². The van der Waals surface area contributed by atoms with Crippen LogP contribution in [0.5, 0.6) is 11.5 Å². The molecule has 7 heteroatoms. The highest BCUT2D eigenvalue weighted by Crippen LogP contribution is 2.40. The third-order valence-corrected chi connectivity index (χ3v) is 9.68. The molecule has 0 unspecified atom stereocenters. The number of rotatable bonds is 4. The molecule has 5 aromatic carbocycles. The highest BCUT2D eigenvalue weighted by Gasteiger charge is 2.22. The summed E-state index contributed by atoms with van der Waals surface area (Å²) in [6, 6.07) is 34.0. The number of benzene rings is 5. The minimum atomic E-state index is -0.0502. The molecule has 4 heterocycles. The second kappa shape index (κ2) is 10.5. The fourth-order valence-corrected chi connectivity index (χ4v) is 7.56. The average molecular weight is 641 g/mol. The Bertz CT molecular complexity index is 2750. The van der Waals surface area contributed by atoms with E-state index in [-0.39, 0.29) is 5.41 Å². The molecule has 0 aliphatic heterocycles. The summed E-state index contributed by atoms with van der Waals surface area (Å²) in [6.45, 7) is 13.0. The lowest BCUT2D eigenvalue weighted by Crippen LogP contribution is -2.12. The zero-order chi connectivity index (χ0) is 33.6. The zero-order valence-electron chi connectivity index (χ0n) is 28.5. The summed E-state index contributed by atoms with van der Waals surface area (Å²) in [6.07, 6.45) is 3.92. The van der Waals surface area contributed by atoms with E-state index in [2.05, 4.69) is 141 Å². The van der Waals surface area contributed by atoms with Gasteiger partial charge in [-0.3, -0.25) is 9.13 Å². The van der Waals surface area contributed by atoms with Gasteiger partial charge in [-0.1, -0.05) is 69.3 Å². The standard InChI is InChI=1S/C42H36N6O/c1-25-11-9-12-26(2)39(25)46-22-21-43-41(46)47-35-15-8-7-13-30(35)31-19-17-29(24-37(31)47)49-28-18-20-32-33(23-28)40-44-27(3)45-48(40)36-16-10-14-34(38(32)36)42(4,5)6/h7-24H,1-6H3. The van der Waals surface area contributed by atoms with E-state index >= 15 is 0 Å². The summed E-state index contributed by atoms with van der Waals surface area (Å²) in [5, 5.41) is 10.5. The lowest BCUT2D eigenvalue weighted by atomic mass is 9.83. The molecule has 0 saturated heterocycles. The highest BCUT2D eigenvalue weighted by atomic mass is 16.5. The molecule has 4 aromatic heterocycles. The average Bonchev–Trinajstić information content (AvgIpc) is 3.79. The maximum atomic E-state index is 6.68. The van der Waals surface area contributed by atoms with Gasteiger partial charge in [-0.2, -0.15) is 5.10 Å². The number of pyridine rings is 1. The third-order valence-electron chi connectivity index (χ3n) is 9.68. The van der Waals surface area contributed by atoms with E-state index < -0.39 is 0 Å². The molecule has 0 aliphatic carbocycles. The number of hydrogen-bond donors (Lipinski definition) is 0. The molecule has 0 saturated carbocycles. The fraction of sp³-hybridized carbons (Fsp3) is 0.167. The van der Waals surface area contributed by atoms with Crippen molar-refractivity contribution in [3.8, 4) is 23.1 Å². The van der Waals surface area contributed by atoms with Gasteiger partial charge >= 0.3 is 0 Å². The first-order chi connectivity index (χ1) is 23.7. The van der Waals surface area contributed by atoms with Crippen LogP contribution in [0.2, 0.25) is 0 Å². The molecule has 240 valence electrons. The highest BCUT2D eigenvalue weighted by molar-refractivity contribution is 6.13. The van der Waals surface area contributed by atoms with E-state index in [9.17, 15) is 0 Å². The van der Waals surface area contributed by atoms with Crippen LogP contribution in [0.4, 0.5) is 0 Å². The van der Waals surface area contributed by atoms with Gasteiger partial charge in [0.15, 0.2) is 5.65 Å². The molecule has 0 aliphatic rings. The van der Waals surface area contributed by atoms with Gasteiger partial charge in [0, 0.05) is 40.0 Å². The number of para-hydroxylation sites is 2. The molecule has 9 aromatic rings. The normalized spacial score (nSPS) is 12.3. The summed E-state index contributed by atoms with van der Waals surface area (Å²) < 4.78 is 13.1. The Morgan fingerprint density at radius 3 is 2.14 bits per heavy atom. The molecule has 0 atom stereocenters. The Hall–Kier alpha value is -5.95. The topological polar surface area (TPSA) is 62.2 Å². The molecule has 0 spiro atoms. The summed E-state index contributed by atoms with van der Waals surface area (Å²) in [7, 11) is 0. The van der Waals surface area contributed by atoms with Crippen LogP contribution in [0.1, 0.15) is 43.3 Å². The van der Waals surface area contributed by atoms with Gasteiger partial charge in [0.2, 0.25) is 5.95 Å². The molecule has 0 fully saturated rings. The molecular formula is C42H36N6O. The second-order valence-corrected chi connectivity index (χ2v) is 14.0. The molecule has 9 rings (SSSR count). The Morgan fingerprint density at radius 1 is 0.653 bits per heavy atom. The maximum Gasteiger partial charge on any atom is 0.219 e. The number of ether oxygens (including phenoxy) is 1. The minimum Gasteiger partial charge on any atom is -0.457 e. The van der Waals surface area contributed by atoms with Crippen LogP contribution in [0, 0.1) is 20.8 Å². The molecule has 7 nitrogen and oxygen atoms in total. The Kier molecular flexibility index (Phi) is 6.27. The van der Waals surface area contributed by atoms with Crippen molar-refractivity contribution in [1.29, 1.82) is 0 Å². The van der Waals surface area contributed by atoms with Gasteiger partial charge in [-0.25, -0.2) is 14.5 Å². The van der Waals surface area contributed by atoms with Gasteiger partial charge in [-0.15, -0.1) is 0 Å². The monoisotopic (exact) mass is 640 g/mol. The van der Waals surface area contributed by atoms with Crippen molar-refractivity contribution < 1.29 is 4.74 Å². The number of aromatic nitrogens is 6. The summed E-state index contributed by atoms with van der Waals surface area (Å²) in [5.74, 6) is 3.05. The van der Waals surface area contributed by atoms with Gasteiger partial charge in [0.05, 0.1) is 22.2 Å². The van der Waals surface area contributed by atoms with E-state index in [1.165, 1.54) is 22.1 Å². The number of nitrogens with zero attached hydrogens (tertiary/aromatic N) is 6. The van der Waals surface area contributed by atoms with Crippen molar-refractivity contribution in [2.75, 3.05) is 0 Å². The summed E-state index contributed by atoms with van der Waals surface area (Å²) in [5.41, 5.74) is 8.75. The second-order valence-electron chi connectivity index (χ2n) is 14.0. The first-order valence-corrected chi connectivity index (χ1v) is 16.7. The van der Waals surface area contributed by atoms with Crippen molar-refractivity contribution in [2.45, 2.75) is 47.0 Å². The molecule has 0 radical (unpaired) electrons. The van der Waals surface area contributed by atoms with E-state index in [1.54, 1.807) is 0 Å². The fourth-order valence-electron chi connectivity index (χ4n) is 7.56. The zero-order valence-corrected chi connectivity index (χ0v) is 28.5. The molecular weight excluding hydrogens is 605 g/mol. The van der Waals surface area contributed by atoms with Crippen LogP contribution in [0.15, 0.2) is 109 Å². The van der Waals surface area contributed by atoms with E-state index in [0.717, 1.165) is 72.7 Å². The predicted octanol–water partition coefficient (Wildman–Crippen LogP) is 10.3. The Balaban J connectivity index is 1.23. The summed E-state index contributed by atoms with van der Waals surface area (Å²) in [4.78, 5) is 9.78. The van der Waals surface area contributed by atoms with Crippen LogP contribution in [0.25, 0.3) is 60.8 Å².